The number of rotatable bonds is 9. The van der Waals surface area contributed by atoms with E-state index < -0.39 is 6.10 Å². The molecule has 0 spiro atoms. The number of ether oxygens (including phenoxy) is 2. The maximum absolute atomic E-state index is 9.81. The first kappa shape index (κ1) is 20.3. The van der Waals surface area contributed by atoms with Crippen LogP contribution in [0.15, 0.2) is 54.6 Å². The van der Waals surface area contributed by atoms with Crippen molar-refractivity contribution in [3.8, 4) is 11.5 Å². The Kier molecular flexibility index (Phi) is 9.23. The largest absolute Gasteiger partial charge is 0.491 e. The third kappa shape index (κ3) is 7.68. The number of aliphatic hydroxyl groups excluding tert-OH is 1. The van der Waals surface area contributed by atoms with Crippen LogP contribution in [0.25, 0.3) is 0 Å². The Morgan fingerprint density at radius 2 is 1.50 bits per heavy atom. The van der Waals surface area contributed by atoms with Gasteiger partial charge in [-0.05, 0) is 29.8 Å². The van der Waals surface area contributed by atoms with Crippen LogP contribution in [0.3, 0.4) is 0 Å². The van der Waals surface area contributed by atoms with Gasteiger partial charge in [0.25, 0.3) is 0 Å². The van der Waals surface area contributed by atoms with Crippen molar-refractivity contribution in [2.45, 2.75) is 32.6 Å². The second-order valence-electron chi connectivity index (χ2n) is 5.77. The van der Waals surface area contributed by atoms with Crippen molar-refractivity contribution in [1.82, 2.24) is 5.32 Å². The van der Waals surface area contributed by atoms with Crippen LogP contribution in [0, 0.1) is 0 Å². The van der Waals surface area contributed by atoms with Gasteiger partial charge in [-0.3, -0.25) is 0 Å². The Labute approximate surface area is 150 Å². The molecule has 0 saturated heterocycles. The van der Waals surface area contributed by atoms with Gasteiger partial charge in [-0.25, -0.2) is 0 Å². The molecule has 24 heavy (non-hydrogen) atoms. The molecule has 0 aliphatic carbocycles. The molecule has 0 aliphatic rings. The molecule has 4 nitrogen and oxygen atoms in total. The molecule has 0 radical (unpaired) electrons. The van der Waals surface area contributed by atoms with Gasteiger partial charge in [0, 0.05) is 12.6 Å². The summed E-state index contributed by atoms with van der Waals surface area (Å²) >= 11 is 0. The standard InChI is InChI=1S/C19H25NO3.ClH/c1-15(2)20-12-17(21)14-23-19-10-8-18(9-11-19)22-13-16-6-4-3-5-7-16;/h3-11,15,17,20-21H,12-14H2,1-2H3;1H/t17-;/m0./s1. The summed E-state index contributed by atoms with van der Waals surface area (Å²) < 4.78 is 11.3. The summed E-state index contributed by atoms with van der Waals surface area (Å²) in [6.07, 6.45) is -0.522. The van der Waals surface area contributed by atoms with Gasteiger partial charge in [0.2, 0.25) is 0 Å². The number of hydrogen-bond donors (Lipinski definition) is 2. The van der Waals surface area contributed by atoms with E-state index >= 15 is 0 Å². The van der Waals surface area contributed by atoms with E-state index in [9.17, 15) is 5.11 Å². The molecule has 5 heteroatoms. The lowest BCUT2D eigenvalue weighted by Crippen LogP contribution is -2.35. The predicted molar refractivity (Wildman–Crippen MR) is 99.1 cm³/mol. The fraction of sp³-hybridized carbons (Fsp3) is 0.368. The zero-order valence-corrected chi connectivity index (χ0v) is 15.0. The average molecular weight is 352 g/mol. The van der Waals surface area contributed by atoms with E-state index in [0.29, 0.717) is 19.2 Å². The van der Waals surface area contributed by atoms with Crippen LogP contribution in [0.5, 0.6) is 11.5 Å². The summed E-state index contributed by atoms with van der Waals surface area (Å²) in [4.78, 5) is 0. The van der Waals surface area contributed by atoms with Gasteiger partial charge >= 0.3 is 0 Å². The maximum atomic E-state index is 9.81. The van der Waals surface area contributed by atoms with Crippen molar-refractivity contribution in [1.29, 1.82) is 0 Å². The normalized spacial score (nSPS) is 11.7. The lowest BCUT2D eigenvalue weighted by atomic mass is 10.2. The minimum absolute atomic E-state index is 0. The van der Waals surface area contributed by atoms with Crippen LogP contribution >= 0.6 is 12.4 Å². The summed E-state index contributed by atoms with van der Waals surface area (Å²) in [6, 6.07) is 17.8. The van der Waals surface area contributed by atoms with Crippen molar-refractivity contribution in [3.63, 3.8) is 0 Å². The van der Waals surface area contributed by atoms with Gasteiger partial charge in [-0.1, -0.05) is 44.2 Å². The summed E-state index contributed by atoms with van der Waals surface area (Å²) in [6.45, 7) is 5.42. The van der Waals surface area contributed by atoms with E-state index in [2.05, 4.69) is 5.32 Å². The number of hydrogen-bond acceptors (Lipinski definition) is 4. The van der Waals surface area contributed by atoms with Gasteiger partial charge in [0.1, 0.15) is 30.8 Å². The summed E-state index contributed by atoms with van der Waals surface area (Å²) in [7, 11) is 0. The Morgan fingerprint density at radius 3 is 2.08 bits per heavy atom. The van der Waals surface area contributed by atoms with Gasteiger partial charge in [-0.15, -0.1) is 12.4 Å². The van der Waals surface area contributed by atoms with E-state index in [1.807, 2.05) is 68.4 Å². The molecule has 0 aliphatic heterocycles. The van der Waals surface area contributed by atoms with Crippen molar-refractivity contribution < 1.29 is 14.6 Å². The number of halogens is 1. The Bertz CT molecular complexity index is 561. The molecule has 0 heterocycles. The number of benzene rings is 2. The van der Waals surface area contributed by atoms with Crippen molar-refractivity contribution in [3.05, 3.63) is 60.2 Å². The molecular formula is C19H26ClNO3. The van der Waals surface area contributed by atoms with Gasteiger partial charge in [0.05, 0.1) is 0 Å². The van der Waals surface area contributed by atoms with E-state index in [1.165, 1.54) is 0 Å². The molecule has 0 saturated carbocycles. The van der Waals surface area contributed by atoms with Crippen molar-refractivity contribution in [2.24, 2.45) is 0 Å². The van der Waals surface area contributed by atoms with Crippen LogP contribution in [0.4, 0.5) is 0 Å². The molecule has 2 rings (SSSR count). The maximum Gasteiger partial charge on any atom is 0.120 e. The summed E-state index contributed by atoms with van der Waals surface area (Å²) in [5.74, 6) is 1.52. The zero-order chi connectivity index (χ0) is 16.5. The molecule has 0 aromatic heterocycles. The second kappa shape index (κ2) is 10.9. The molecular weight excluding hydrogens is 326 g/mol. The van der Waals surface area contributed by atoms with Crippen LogP contribution in [0.2, 0.25) is 0 Å². The Hall–Kier alpha value is -1.75. The lowest BCUT2D eigenvalue weighted by molar-refractivity contribution is 0.104. The van der Waals surface area contributed by atoms with Crippen LogP contribution in [-0.4, -0.2) is 30.4 Å². The van der Waals surface area contributed by atoms with Gasteiger partial charge in [-0.2, -0.15) is 0 Å². The highest BCUT2D eigenvalue weighted by molar-refractivity contribution is 5.85. The molecule has 0 bridgehead atoms. The lowest BCUT2D eigenvalue weighted by Gasteiger charge is -2.15. The fourth-order valence-corrected chi connectivity index (χ4v) is 2.00. The predicted octanol–water partition coefficient (Wildman–Crippen LogP) is 3.43. The molecule has 2 N–H and O–H groups in total. The quantitative estimate of drug-likeness (QED) is 0.726. The van der Waals surface area contributed by atoms with Crippen LogP contribution in [-0.2, 0) is 6.61 Å². The van der Waals surface area contributed by atoms with E-state index in [-0.39, 0.29) is 19.0 Å². The third-order valence-corrected chi connectivity index (χ3v) is 3.28. The molecule has 0 amide bonds. The highest BCUT2D eigenvalue weighted by Crippen LogP contribution is 2.18. The van der Waals surface area contributed by atoms with E-state index in [4.69, 9.17) is 9.47 Å². The molecule has 2 aromatic rings. The Morgan fingerprint density at radius 1 is 0.917 bits per heavy atom. The molecule has 1 atom stereocenters. The number of aliphatic hydroxyl groups is 1. The summed E-state index contributed by atoms with van der Waals surface area (Å²) in [5.41, 5.74) is 1.13. The highest BCUT2D eigenvalue weighted by atomic mass is 35.5. The minimum Gasteiger partial charge on any atom is -0.491 e. The first-order valence-electron chi connectivity index (χ1n) is 7.94. The van der Waals surface area contributed by atoms with E-state index in [1.54, 1.807) is 0 Å². The third-order valence-electron chi connectivity index (χ3n) is 3.28. The fourth-order valence-electron chi connectivity index (χ4n) is 2.00. The van der Waals surface area contributed by atoms with Crippen LogP contribution in [0.1, 0.15) is 19.4 Å². The average Bonchev–Trinajstić information content (AvgIpc) is 2.58. The topological polar surface area (TPSA) is 50.7 Å². The Balaban J connectivity index is 0.00000288. The first-order chi connectivity index (χ1) is 11.1. The molecule has 132 valence electrons. The monoisotopic (exact) mass is 351 g/mol. The van der Waals surface area contributed by atoms with Crippen molar-refractivity contribution in [2.75, 3.05) is 13.2 Å². The number of nitrogens with one attached hydrogen (secondary N) is 1. The molecule has 2 aromatic carbocycles. The SMILES string of the molecule is CC(C)NC[C@H](O)COc1ccc(OCc2ccccc2)cc1.Cl. The minimum atomic E-state index is -0.522. The second-order valence-corrected chi connectivity index (χ2v) is 5.77. The first-order valence-corrected chi connectivity index (χ1v) is 7.94. The zero-order valence-electron chi connectivity index (χ0n) is 14.1. The van der Waals surface area contributed by atoms with Crippen molar-refractivity contribution >= 4 is 12.4 Å². The molecule has 0 fully saturated rings. The van der Waals surface area contributed by atoms with Crippen LogP contribution < -0.4 is 14.8 Å². The molecule has 0 unspecified atom stereocenters. The smallest absolute Gasteiger partial charge is 0.120 e. The van der Waals surface area contributed by atoms with Gasteiger partial charge in [0.15, 0.2) is 0 Å². The van der Waals surface area contributed by atoms with Gasteiger partial charge < -0.3 is 19.9 Å². The van der Waals surface area contributed by atoms with E-state index in [0.717, 1.165) is 17.1 Å². The highest BCUT2D eigenvalue weighted by Gasteiger charge is 2.06. The summed E-state index contributed by atoms with van der Waals surface area (Å²) in [5, 5.41) is 13.0.